The van der Waals surface area contributed by atoms with Gasteiger partial charge in [-0.25, -0.2) is 0 Å². The molecule has 0 spiro atoms. The molecule has 112 valence electrons. The third kappa shape index (κ3) is 3.69. The Morgan fingerprint density at radius 3 is 2.35 bits per heavy atom. The molecule has 2 N–H and O–H groups in total. The third-order valence-electron chi connectivity index (χ3n) is 4.78. The van der Waals surface area contributed by atoms with Gasteiger partial charge in [-0.3, -0.25) is 0 Å². The van der Waals surface area contributed by atoms with Gasteiger partial charge in [-0.05, 0) is 55.1 Å². The average molecular weight is 314 g/mol. The molecule has 1 nitrogen and oxygen atoms in total. The van der Waals surface area contributed by atoms with Gasteiger partial charge in [0, 0.05) is 5.54 Å². The lowest BCUT2D eigenvalue weighted by Crippen LogP contribution is -2.46. The van der Waals surface area contributed by atoms with Crippen molar-refractivity contribution < 1.29 is 0 Å². The molecule has 0 atom stereocenters. The summed E-state index contributed by atoms with van der Waals surface area (Å²) in [5, 5.41) is 1.29. The highest BCUT2D eigenvalue weighted by Gasteiger charge is 2.36. The molecule has 0 aromatic heterocycles. The van der Waals surface area contributed by atoms with Crippen LogP contribution < -0.4 is 5.73 Å². The van der Waals surface area contributed by atoms with Crippen molar-refractivity contribution in [2.75, 3.05) is 0 Å². The molecule has 3 heteroatoms. The number of benzene rings is 1. The largest absolute Gasteiger partial charge is 0.325 e. The summed E-state index contributed by atoms with van der Waals surface area (Å²) in [6, 6.07) is 5.82. The molecule has 2 rings (SSSR count). The third-order valence-corrected chi connectivity index (χ3v) is 5.64. The lowest BCUT2D eigenvalue weighted by Gasteiger charge is -2.42. The van der Waals surface area contributed by atoms with Crippen molar-refractivity contribution in [1.82, 2.24) is 0 Å². The molecular weight excluding hydrogens is 289 g/mol. The summed E-state index contributed by atoms with van der Waals surface area (Å²) in [4.78, 5) is 0. The van der Waals surface area contributed by atoms with Crippen LogP contribution in [0, 0.1) is 11.3 Å². The summed E-state index contributed by atoms with van der Waals surface area (Å²) in [5.41, 5.74) is 7.95. The molecule has 20 heavy (non-hydrogen) atoms. The van der Waals surface area contributed by atoms with Crippen LogP contribution in [-0.4, -0.2) is 5.54 Å². The van der Waals surface area contributed by atoms with E-state index in [0.717, 1.165) is 30.7 Å². The van der Waals surface area contributed by atoms with Crippen LogP contribution in [0.2, 0.25) is 10.0 Å². The van der Waals surface area contributed by atoms with E-state index in [2.05, 4.69) is 20.8 Å². The molecule has 0 saturated heterocycles. The highest BCUT2D eigenvalue weighted by atomic mass is 35.5. The van der Waals surface area contributed by atoms with Gasteiger partial charge in [0.2, 0.25) is 0 Å². The van der Waals surface area contributed by atoms with Crippen molar-refractivity contribution in [2.45, 2.75) is 58.4 Å². The van der Waals surface area contributed by atoms with Gasteiger partial charge in [-0.15, -0.1) is 0 Å². The van der Waals surface area contributed by atoms with E-state index in [1.807, 2.05) is 18.2 Å². The second-order valence-electron chi connectivity index (χ2n) is 7.39. The zero-order chi connectivity index (χ0) is 15.0. The van der Waals surface area contributed by atoms with Crippen LogP contribution in [0.25, 0.3) is 0 Å². The van der Waals surface area contributed by atoms with Gasteiger partial charge in [0.15, 0.2) is 0 Å². The molecule has 1 saturated carbocycles. The smallest absolute Gasteiger partial charge is 0.0624 e. The Hall–Kier alpha value is -0.240. The number of nitrogens with two attached hydrogens (primary N) is 1. The molecule has 1 aromatic carbocycles. The Balaban J connectivity index is 2.05. The Labute approximate surface area is 132 Å². The SMILES string of the molecule is CC(C)(C)C1CCC(N)(Cc2cccc(Cl)c2Cl)CC1. The average Bonchev–Trinajstić information content (AvgIpc) is 2.34. The second kappa shape index (κ2) is 5.87. The van der Waals surface area contributed by atoms with E-state index in [1.54, 1.807) is 0 Å². The fraction of sp³-hybridized carbons (Fsp3) is 0.647. The molecule has 0 unspecified atom stereocenters. The van der Waals surface area contributed by atoms with E-state index in [-0.39, 0.29) is 5.54 Å². The fourth-order valence-electron chi connectivity index (χ4n) is 3.30. The van der Waals surface area contributed by atoms with Gasteiger partial charge in [0.25, 0.3) is 0 Å². The standard InChI is InChI=1S/C17H25Cl2N/c1-16(2,3)13-7-9-17(20,10-8-13)11-12-5-4-6-14(18)15(12)19/h4-6,13H,7-11,20H2,1-3H3. The Kier molecular flexibility index (Phi) is 4.73. The van der Waals surface area contributed by atoms with Crippen molar-refractivity contribution in [3.05, 3.63) is 33.8 Å². The number of hydrogen-bond acceptors (Lipinski definition) is 1. The predicted octanol–water partition coefficient (Wildman–Crippen LogP) is 5.47. The van der Waals surface area contributed by atoms with Crippen LogP contribution in [-0.2, 0) is 6.42 Å². The van der Waals surface area contributed by atoms with Crippen molar-refractivity contribution in [3.63, 3.8) is 0 Å². The Morgan fingerprint density at radius 1 is 1.20 bits per heavy atom. The van der Waals surface area contributed by atoms with E-state index in [4.69, 9.17) is 28.9 Å². The molecule has 0 amide bonds. The van der Waals surface area contributed by atoms with E-state index in [9.17, 15) is 0 Å². The molecule has 0 bridgehead atoms. The maximum absolute atomic E-state index is 6.61. The van der Waals surface area contributed by atoms with Gasteiger partial charge in [-0.2, -0.15) is 0 Å². The number of hydrogen-bond donors (Lipinski definition) is 1. The minimum atomic E-state index is -0.129. The molecule has 1 fully saturated rings. The quantitative estimate of drug-likeness (QED) is 0.769. The maximum atomic E-state index is 6.61. The molecular formula is C17H25Cl2N. The monoisotopic (exact) mass is 313 g/mol. The summed E-state index contributed by atoms with van der Waals surface area (Å²) in [6.07, 6.45) is 5.37. The van der Waals surface area contributed by atoms with E-state index in [0.29, 0.717) is 15.5 Å². The van der Waals surface area contributed by atoms with Gasteiger partial charge >= 0.3 is 0 Å². The van der Waals surface area contributed by atoms with Crippen molar-refractivity contribution in [2.24, 2.45) is 17.1 Å². The van der Waals surface area contributed by atoms with Crippen LogP contribution in [0.3, 0.4) is 0 Å². The summed E-state index contributed by atoms with van der Waals surface area (Å²) < 4.78 is 0. The number of rotatable bonds is 2. The topological polar surface area (TPSA) is 26.0 Å². The first-order valence-electron chi connectivity index (χ1n) is 7.43. The zero-order valence-corrected chi connectivity index (χ0v) is 14.2. The fourth-order valence-corrected chi connectivity index (χ4v) is 3.69. The molecule has 1 aliphatic carbocycles. The van der Waals surface area contributed by atoms with Crippen LogP contribution in [0.1, 0.15) is 52.0 Å². The molecule has 1 aliphatic rings. The first-order valence-corrected chi connectivity index (χ1v) is 8.19. The van der Waals surface area contributed by atoms with Gasteiger partial charge in [-0.1, -0.05) is 56.1 Å². The number of halogens is 2. The molecule has 0 heterocycles. The first-order chi connectivity index (χ1) is 9.21. The zero-order valence-electron chi connectivity index (χ0n) is 12.7. The summed E-state index contributed by atoms with van der Waals surface area (Å²) in [6.45, 7) is 6.99. The minimum absolute atomic E-state index is 0.129. The summed E-state index contributed by atoms with van der Waals surface area (Å²) in [7, 11) is 0. The Bertz CT molecular complexity index is 468. The highest BCUT2D eigenvalue weighted by Crippen LogP contribution is 2.42. The normalized spacial score (nSPS) is 27.6. The van der Waals surface area contributed by atoms with Crippen molar-refractivity contribution in [1.29, 1.82) is 0 Å². The summed E-state index contributed by atoms with van der Waals surface area (Å²) in [5.74, 6) is 0.772. The van der Waals surface area contributed by atoms with Crippen LogP contribution in [0.5, 0.6) is 0 Å². The van der Waals surface area contributed by atoms with Crippen molar-refractivity contribution >= 4 is 23.2 Å². The second-order valence-corrected chi connectivity index (χ2v) is 8.18. The van der Waals surface area contributed by atoms with E-state index < -0.39 is 0 Å². The minimum Gasteiger partial charge on any atom is -0.325 e. The highest BCUT2D eigenvalue weighted by molar-refractivity contribution is 6.42. The van der Waals surface area contributed by atoms with Gasteiger partial charge < -0.3 is 5.73 Å². The van der Waals surface area contributed by atoms with Crippen LogP contribution in [0.15, 0.2) is 18.2 Å². The lowest BCUT2D eigenvalue weighted by atomic mass is 9.66. The van der Waals surface area contributed by atoms with Gasteiger partial charge in [0.1, 0.15) is 0 Å². The van der Waals surface area contributed by atoms with Gasteiger partial charge in [0.05, 0.1) is 10.0 Å². The molecule has 0 radical (unpaired) electrons. The van der Waals surface area contributed by atoms with E-state index in [1.165, 1.54) is 12.8 Å². The Morgan fingerprint density at radius 2 is 1.80 bits per heavy atom. The first kappa shape index (κ1) is 16.1. The lowest BCUT2D eigenvalue weighted by molar-refractivity contribution is 0.134. The predicted molar refractivity (Wildman–Crippen MR) is 88.5 cm³/mol. The van der Waals surface area contributed by atoms with E-state index >= 15 is 0 Å². The maximum Gasteiger partial charge on any atom is 0.0624 e. The van der Waals surface area contributed by atoms with Crippen LogP contribution in [0.4, 0.5) is 0 Å². The van der Waals surface area contributed by atoms with Crippen LogP contribution >= 0.6 is 23.2 Å². The summed E-state index contributed by atoms with van der Waals surface area (Å²) >= 11 is 12.4. The van der Waals surface area contributed by atoms with Crippen molar-refractivity contribution in [3.8, 4) is 0 Å². The molecule has 0 aliphatic heterocycles. The molecule has 1 aromatic rings.